The SMILES string of the molecule is CCCCC(CC)OSc1ccccc1. The van der Waals surface area contributed by atoms with E-state index in [0.717, 1.165) is 6.42 Å². The van der Waals surface area contributed by atoms with E-state index in [2.05, 4.69) is 26.0 Å². The highest BCUT2D eigenvalue weighted by atomic mass is 32.2. The van der Waals surface area contributed by atoms with Gasteiger partial charge in [0.15, 0.2) is 0 Å². The first-order valence-corrected chi connectivity index (χ1v) is 6.49. The Morgan fingerprint density at radius 1 is 1.20 bits per heavy atom. The van der Waals surface area contributed by atoms with Crippen LogP contribution >= 0.6 is 12.0 Å². The first kappa shape index (κ1) is 12.6. The van der Waals surface area contributed by atoms with Crippen molar-refractivity contribution in [2.75, 3.05) is 0 Å². The molecule has 2 heteroatoms. The summed E-state index contributed by atoms with van der Waals surface area (Å²) in [6, 6.07) is 10.3. The summed E-state index contributed by atoms with van der Waals surface area (Å²) in [5, 5.41) is 0. The third-order valence-corrected chi connectivity index (χ3v) is 3.19. The van der Waals surface area contributed by atoms with Crippen molar-refractivity contribution in [3.05, 3.63) is 30.3 Å². The van der Waals surface area contributed by atoms with Gasteiger partial charge in [0.1, 0.15) is 0 Å². The number of hydrogen-bond acceptors (Lipinski definition) is 2. The second-order valence-corrected chi connectivity index (χ2v) is 4.50. The summed E-state index contributed by atoms with van der Waals surface area (Å²) in [6.45, 7) is 4.41. The quantitative estimate of drug-likeness (QED) is 0.622. The Morgan fingerprint density at radius 2 is 1.93 bits per heavy atom. The maximum atomic E-state index is 5.80. The average molecular weight is 224 g/mol. The minimum absolute atomic E-state index is 0.398. The summed E-state index contributed by atoms with van der Waals surface area (Å²) in [5.74, 6) is 0. The zero-order valence-electron chi connectivity index (χ0n) is 9.61. The van der Waals surface area contributed by atoms with Gasteiger partial charge in [0.2, 0.25) is 0 Å². The molecule has 0 spiro atoms. The molecule has 0 aliphatic heterocycles. The van der Waals surface area contributed by atoms with Crippen LogP contribution in [0.2, 0.25) is 0 Å². The number of benzene rings is 1. The molecule has 0 saturated carbocycles. The molecule has 15 heavy (non-hydrogen) atoms. The van der Waals surface area contributed by atoms with Gasteiger partial charge in [-0.3, -0.25) is 0 Å². The van der Waals surface area contributed by atoms with Crippen LogP contribution in [-0.4, -0.2) is 6.10 Å². The Bertz CT molecular complexity index is 248. The van der Waals surface area contributed by atoms with Gasteiger partial charge in [-0.1, -0.05) is 44.9 Å². The van der Waals surface area contributed by atoms with Crippen molar-refractivity contribution in [2.45, 2.75) is 50.5 Å². The van der Waals surface area contributed by atoms with E-state index in [1.165, 1.54) is 36.2 Å². The average Bonchev–Trinajstić information content (AvgIpc) is 2.31. The Kier molecular flexibility index (Phi) is 6.53. The van der Waals surface area contributed by atoms with E-state index in [4.69, 9.17) is 4.18 Å². The van der Waals surface area contributed by atoms with E-state index < -0.39 is 0 Å². The molecule has 0 saturated heterocycles. The van der Waals surface area contributed by atoms with Gasteiger partial charge >= 0.3 is 0 Å². The van der Waals surface area contributed by atoms with Gasteiger partial charge in [-0.15, -0.1) is 0 Å². The zero-order valence-corrected chi connectivity index (χ0v) is 10.4. The third-order valence-electron chi connectivity index (χ3n) is 2.36. The summed E-state index contributed by atoms with van der Waals surface area (Å²) in [4.78, 5) is 1.19. The van der Waals surface area contributed by atoms with Gasteiger partial charge in [0.05, 0.1) is 6.10 Å². The van der Waals surface area contributed by atoms with Gasteiger partial charge in [-0.25, -0.2) is 0 Å². The molecule has 84 valence electrons. The Balaban J connectivity index is 2.28. The van der Waals surface area contributed by atoms with Gasteiger partial charge in [0.25, 0.3) is 0 Å². The fourth-order valence-corrected chi connectivity index (χ4v) is 2.10. The van der Waals surface area contributed by atoms with E-state index in [-0.39, 0.29) is 0 Å². The highest BCUT2D eigenvalue weighted by Gasteiger charge is 2.06. The normalized spacial score (nSPS) is 12.7. The fraction of sp³-hybridized carbons (Fsp3) is 0.538. The van der Waals surface area contributed by atoms with Crippen LogP contribution in [0, 0.1) is 0 Å². The summed E-state index contributed by atoms with van der Waals surface area (Å²) in [6.07, 6.45) is 5.17. The van der Waals surface area contributed by atoms with Gasteiger partial charge in [-0.2, -0.15) is 0 Å². The Labute approximate surface area is 97.4 Å². The van der Waals surface area contributed by atoms with E-state index in [0.29, 0.717) is 6.10 Å². The Morgan fingerprint density at radius 3 is 2.53 bits per heavy atom. The fourth-order valence-electron chi connectivity index (χ4n) is 1.35. The lowest BCUT2D eigenvalue weighted by Crippen LogP contribution is -2.06. The van der Waals surface area contributed by atoms with Crippen molar-refractivity contribution in [3.8, 4) is 0 Å². The molecule has 1 rings (SSSR count). The summed E-state index contributed by atoms with van der Waals surface area (Å²) < 4.78 is 5.80. The monoisotopic (exact) mass is 224 g/mol. The van der Waals surface area contributed by atoms with Crippen LogP contribution in [0.4, 0.5) is 0 Å². The predicted molar refractivity (Wildman–Crippen MR) is 67.0 cm³/mol. The van der Waals surface area contributed by atoms with Crippen LogP contribution in [0.25, 0.3) is 0 Å². The van der Waals surface area contributed by atoms with Crippen LogP contribution in [0.5, 0.6) is 0 Å². The van der Waals surface area contributed by atoms with Gasteiger partial charge in [0, 0.05) is 16.9 Å². The number of unbranched alkanes of at least 4 members (excludes halogenated alkanes) is 1. The second-order valence-electron chi connectivity index (χ2n) is 3.67. The second kappa shape index (κ2) is 7.77. The summed E-state index contributed by atoms with van der Waals surface area (Å²) >= 11 is 1.50. The molecule has 0 N–H and O–H groups in total. The smallest absolute Gasteiger partial charge is 0.0724 e. The molecule has 1 aromatic rings. The molecule has 0 amide bonds. The molecule has 0 aliphatic carbocycles. The minimum Gasteiger partial charge on any atom is -0.307 e. The van der Waals surface area contributed by atoms with Crippen LogP contribution in [-0.2, 0) is 4.18 Å². The molecule has 1 unspecified atom stereocenters. The van der Waals surface area contributed by atoms with E-state index >= 15 is 0 Å². The zero-order chi connectivity index (χ0) is 10.9. The molecule has 1 nitrogen and oxygen atoms in total. The van der Waals surface area contributed by atoms with Crippen molar-refractivity contribution < 1.29 is 4.18 Å². The number of hydrogen-bond donors (Lipinski definition) is 0. The van der Waals surface area contributed by atoms with Crippen molar-refractivity contribution in [2.24, 2.45) is 0 Å². The molecule has 0 heterocycles. The highest BCUT2D eigenvalue weighted by molar-refractivity contribution is 7.94. The highest BCUT2D eigenvalue weighted by Crippen LogP contribution is 2.23. The molecular weight excluding hydrogens is 204 g/mol. The summed E-state index contributed by atoms with van der Waals surface area (Å²) in [7, 11) is 0. The van der Waals surface area contributed by atoms with Crippen molar-refractivity contribution >= 4 is 12.0 Å². The topological polar surface area (TPSA) is 9.23 Å². The molecule has 0 aliphatic rings. The van der Waals surface area contributed by atoms with Crippen LogP contribution in [0.1, 0.15) is 39.5 Å². The predicted octanol–water partition coefficient (Wildman–Crippen LogP) is 4.68. The van der Waals surface area contributed by atoms with Gasteiger partial charge in [-0.05, 0) is 25.0 Å². The third kappa shape index (κ3) is 5.24. The van der Waals surface area contributed by atoms with E-state index in [9.17, 15) is 0 Å². The molecule has 1 aromatic carbocycles. The maximum absolute atomic E-state index is 5.80. The van der Waals surface area contributed by atoms with Crippen molar-refractivity contribution in [3.63, 3.8) is 0 Å². The van der Waals surface area contributed by atoms with Crippen LogP contribution < -0.4 is 0 Å². The van der Waals surface area contributed by atoms with E-state index in [1.807, 2.05) is 18.2 Å². The lowest BCUT2D eigenvalue weighted by Gasteiger charge is -2.13. The van der Waals surface area contributed by atoms with E-state index in [1.54, 1.807) is 0 Å². The van der Waals surface area contributed by atoms with Gasteiger partial charge < -0.3 is 4.18 Å². The van der Waals surface area contributed by atoms with Crippen LogP contribution in [0.3, 0.4) is 0 Å². The molecule has 0 fully saturated rings. The molecule has 0 aromatic heterocycles. The standard InChI is InChI=1S/C13H20OS/c1-3-5-9-12(4-2)14-15-13-10-7-6-8-11-13/h6-8,10-12H,3-5,9H2,1-2H3. The lowest BCUT2D eigenvalue weighted by molar-refractivity contribution is 0.219. The maximum Gasteiger partial charge on any atom is 0.0724 e. The van der Waals surface area contributed by atoms with Crippen LogP contribution in [0.15, 0.2) is 35.2 Å². The molecular formula is C13H20OS. The minimum atomic E-state index is 0.398. The van der Waals surface area contributed by atoms with Crippen molar-refractivity contribution in [1.82, 2.24) is 0 Å². The molecule has 1 atom stereocenters. The van der Waals surface area contributed by atoms with Crippen molar-refractivity contribution in [1.29, 1.82) is 0 Å². The molecule has 0 radical (unpaired) electrons. The number of rotatable bonds is 7. The first-order valence-electron chi connectivity index (χ1n) is 5.75. The summed E-state index contributed by atoms with van der Waals surface area (Å²) in [5.41, 5.74) is 0. The molecule has 0 bridgehead atoms. The largest absolute Gasteiger partial charge is 0.307 e. The Hall–Kier alpha value is -0.470. The first-order chi connectivity index (χ1) is 7.36. The lowest BCUT2D eigenvalue weighted by atomic mass is 10.1.